The van der Waals surface area contributed by atoms with Crippen molar-refractivity contribution in [1.29, 1.82) is 0 Å². The van der Waals surface area contributed by atoms with Crippen LogP contribution in [0.25, 0.3) is 0 Å². The molecule has 0 radical (unpaired) electrons. The van der Waals surface area contributed by atoms with Gasteiger partial charge in [0, 0.05) is 28.7 Å². The third kappa shape index (κ3) is 5.61. The monoisotopic (exact) mass is 419 g/mol. The molecule has 0 spiro atoms. The fourth-order valence-electron chi connectivity index (χ4n) is 2.52. The highest BCUT2D eigenvalue weighted by molar-refractivity contribution is 6.30. The lowest BCUT2D eigenvalue weighted by Crippen LogP contribution is -2.34. The van der Waals surface area contributed by atoms with Gasteiger partial charge in [-0.25, -0.2) is 4.79 Å². The maximum atomic E-state index is 12.5. The number of benzene rings is 2. The van der Waals surface area contributed by atoms with E-state index in [0.717, 1.165) is 5.56 Å². The van der Waals surface area contributed by atoms with E-state index >= 15 is 0 Å². The molecule has 28 heavy (non-hydrogen) atoms. The van der Waals surface area contributed by atoms with E-state index in [9.17, 15) is 4.79 Å². The summed E-state index contributed by atoms with van der Waals surface area (Å²) in [5, 5.41) is 13.8. The Morgan fingerprint density at radius 1 is 1.07 bits per heavy atom. The molecule has 0 saturated heterocycles. The second-order valence-electron chi connectivity index (χ2n) is 5.98. The lowest BCUT2D eigenvalue weighted by molar-refractivity contribution is 0.247. The summed E-state index contributed by atoms with van der Waals surface area (Å²) in [5.41, 5.74) is 1.59. The summed E-state index contributed by atoms with van der Waals surface area (Å²) in [7, 11) is 0. The largest absolute Gasteiger partial charge is 0.338 e. The molecule has 3 aromatic rings. The molecule has 3 rings (SSSR count). The highest BCUT2D eigenvalue weighted by Crippen LogP contribution is 2.20. The molecule has 3 N–H and O–H groups in total. The fraction of sp³-hybridized carbons (Fsp3) is 0.211. The van der Waals surface area contributed by atoms with Crippen molar-refractivity contribution in [2.75, 3.05) is 17.2 Å². The minimum Gasteiger partial charge on any atom is -0.338 e. The van der Waals surface area contributed by atoms with Gasteiger partial charge in [0.2, 0.25) is 0 Å². The number of nitrogens with zero attached hydrogens (tertiary/aromatic N) is 2. The molecular weight excluding hydrogens is 401 g/mol. The molecule has 7 nitrogen and oxygen atoms in total. The minimum absolute atomic E-state index is 0.304. The second kappa shape index (κ2) is 9.43. The minimum atomic E-state index is -0.496. The van der Waals surface area contributed by atoms with E-state index in [2.05, 4.69) is 26.1 Å². The van der Waals surface area contributed by atoms with Crippen molar-refractivity contribution in [3.05, 3.63) is 70.0 Å². The molecule has 1 atom stereocenters. The van der Waals surface area contributed by atoms with Crippen LogP contribution >= 0.6 is 23.2 Å². The summed E-state index contributed by atoms with van der Waals surface area (Å²) in [4.78, 5) is 16.8. The second-order valence-corrected chi connectivity index (χ2v) is 6.85. The van der Waals surface area contributed by atoms with Crippen molar-refractivity contribution < 1.29 is 9.32 Å². The molecule has 2 amide bonds. The van der Waals surface area contributed by atoms with E-state index in [1.807, 2.05) is 19.1 Å². The standard InChI is InChI=1S/C19H19Cl2N5O2/c1-2-22-19-25-17(26-28-19)16(11-12-3-5-13(20)6-4-12)24-18(27)23-15-9-7-14(21)8-10-15/h3-10,16H,2,11H2,1H3,(H,22,25,26)(H2,23,24,27). The number of nitrogens with one attached hydrogen (secondary N) is 3. The van der Waals surface area contributed by atoms with Crippen molar-refractivity contribution >= 4 is 40.9 Å². The average Bonchev–Trinajstić information content (AvgIpc) is 3.14. The van der Waals surface area contributed by atoms with Gasteiger partial charge in [-0.1, -0.05) is 40.5 Å². The third-order valence-corrected chi connectivity index (χ3v) is 4.35. The van der Waals surface area contributed by atoms with Gasteiger partial charge in [0.15, 0.2) is 5.82 Å². The lowest BCUT2D eigenvalue weighted by atomic mass is 10.1. The molecular formula is C19H19Cl2N5O2. The molecule has 2 aromatic carbocycles. The lowest BCUT2D eigenvalue weighted by Gasteiger charge is -2.16. The third-order valence-electron chi connectivity index (χ3n) is 3.84. The number of hydrogen-bond donors (Lipinski definition) is 3. The van der Waals surface area contributed by atoms with Crippen LogP contribution in [0, 0.1) is 0 Å². The first-order chi connectivity index (χ1) is 13.5. The Morgan fingerprint density at radius 2 is 1.71 bits per heavy atom. The number of carbonyl (C=O) groups excluding carboxylic acids is 1. The molecule has 0 aliphatic carbocycles. The summed E-state index contributed by atoms with van der Waals surface area (Å²) < 4.78 is 5.18. The zero-order chi connectivity index (χ0) is 19.9. The van der Waals surface area contributed by atoms with Crippen molar-refractivity contribution in [1.82, 2.24) is 15.5 Å². The number of aromatic nitrogens is 2. The summed E-state index contributed by atoms with van der Waals surface area (Å²) in [5.74, 6) is 0.372. The Kier molecular flexibility index (Phi) is 6.73. The molecule has 1 heterocycles. The van der Waals surface area contributed by atoms with Crippen LogP contribution < -0.4 is 16.0 Å². The van der Waals surface area contributed by atoms with E-state index < -0.39 is 12.1 Å². The number of anilines is 2. The number of amides is 2. The van der Waals surface area contributed by atoms with Crippen LogP contribution in [-0.2, 0) is 6.42 Å². The summed E-state index contributed by atoms with van der Waals surface area (Å²) in [6, 6.07) is 13.6. The molecule has 0 bridgehead atoms. The topological polar surface area (TPSA) is 92.1 Å². The highest BCUT2D eigenvalue weighted by atomic mass is 35.5. The molecule has 0 aliphatic heterocycles. The van der Waals surface area contributed by atoms with Crippen LogP contribution in [0.2, 0.25) is 10.0 Å². The maximum absolute atomic E-state index is 12.5. The van der Waals surface area contributed by atoms with Crippen LogP contribution in [0.1, 0.15) is 24.4 Å². The van der Waals surface area contributed by atoms with Crippen LogP contribution in [0.15, 0.2) is 53.1 Å². The van der Waals surface area contributed by atoms with Crippen LogP contribution in [0.5, 0.6) is 0 Å². The molecule has 0 aliphatic rings. The summed E-state index contributed by atoms with van der Waals surface area (Å²) in [6.07, 6.45) is 0.469. The normalized spacial score (nSPS) is 11.7. The number of carbonyl (C=O) groups is 1. The molecule has 1 aromatic heterocycles. The van der Waals surface area contributed by atoms with Gasteiger partial charge < -0.3 is 20.5 Å². The predicted octanol–water partition coefficient (Wildman–Crippen LogP) is 4.91. The zero-order valence-electron chi connectivity index (χ0n) is 15.1. The van der Waals surface area contributed by atoms with Gasteiger partial charge in [-0.05, 0) is 48.9 Å². The van der Waals surface area contributed by atoms with E-state index in [0.29, 0.717) is 40.5 Å². The molecule has 0 saturated carbocycles. The smallest absolute Gasteiger partial charge is 0.321 e. The van der Waals surface area contributed by atoms with E-state index in [1.165, 1.54) is 0 Å². The fourth-order valence-corrected chi connectivity index (χ4v) is 2.77. The molecule has 146 valence electrons. The van der Waals surface area contributed by atoms with Gasteiger partial charge in [0.05, 0.1) is 6.04 Å². The Morgan fingerprint density at radius 3 is 2.36 bits per heavy atom. The van der Waals surface area contributed by atoms with E-state index in [-0.39, 0.29) is 0 Å². The SMILES string of the molecule is CCNc1nc(C(Cc2ccc(Cl)cc2)NC(=O)Nc2ccc(Cl)cc2)no1. The van der Waals surface area contributed by atoms with Crippen molar-refractivity contribution in [2.24, 2.45) is 0 Å². The Labute approximate surface area is 172 Å². The summed E-state index contributed by atoms with van der Waals surface area (Å²) in [6.45, 7) is 2.57. The van der Waals surface area contributed by atoms with Gasteiger partial charge in [-0.15, -0.1) is 0 Å². The van der Waals surface area contributed by atoms with Crippen LogP contribution in [-0.4, -0.2) is 22.7 Å². The van der Waals surface area contributed by atoms with E-state index in [4.69, 9.17) is 27.7 Å². The van der Waals surface area contributed by atoms with Crippen molar-refractivity contribution in [3.8, 4) is 0 Å². The first-order valence-corrected chi connectivity index (χ1v) is 9.44. The quantitative estimate of drug-likeness (QED) is 0.505. The van der Waals surface area contributed by atoms with Crippen molar-refractivity contribution in [3.63, 3.8) is 0 Å². The van der Waals surface area contributed by atoms with Crippen LogP contribution in [0.3, 0.4) is 0 Å². The molecule has 0 fully saturated rings. The Bertz CT molecular complexity index is 913. The van der Waals surface area contributed by atoms with Gasteiger partial charge in [0.25, 0.3) is 0 Å². The Hall–Kier alpha value is -2.77. The molecule has 1 unspecified atom stereocenters. The van der Waals surface area contributed by atoms with E-state index in [1.54, 1.807) is 36.4 Å². The number of urea groups is 1. The van der Waals surface area contributed by atoms with Gasteiger partial charge >= 0.3 is 12.0 Å². The number of hydrogen-bond acceptors (Lipinski definition) is 5. The Balaban J connectivity index is 1.75. The first kappa shape index (κ1) is 20.0. The van der Waals surface area contributed by atoms with Crippen molar-refractivity contribution in [2.45, 2.75) is 19.4 Å². The van der Waals surface area contributed by atoms with Gasteiger partial charge in [-0.3, -0.25) is 0 Å². The highest BCUT2D eigenvalue weighted by Gasteiger charge is 2.21. The van der Waals surface area contributed by atoms with Gasteiger partial charge in [-0.2, -0.15) is 4.98 Å². The molecule has 9 heteroatoms. The van der Waals surface area contributed by atoms with Gasteiger partial charge in [0.1, 0.15) is 0 Å². The average molecular weight is 420 g/mol. The first-order valence-electron chi connectivity index (χ1n) is 8.68. The maximum Gasteiger partial charge on any atom is 0.321 e. The van der Waals surface area contributed by atoms with Crippen LogP contribution in [0.4, 0.5) is 16.5 Å². The predicted molar refractivity (Wildman–Crippen MR) is 110 cm³/mol. The number of halogens is 2. The summed E-state index contributed by atoms with van der Waals surface area (Å²) >= 11 is 11.8. The number of rotatable bonds is 7. The zero-order valence-corrected chi connectivity index (χ0v) is 16.6.